The summed E-state index contributed by atoms with van der Waals surface area (Å²) < 4.78 is 5.19. The smallest absolute Gasteiger partial charge is 0.119 e. The molecule has 0 aliphatic heterocycles. The number of anilines is 2. The number of rotatable bonds is 6. The highest BCUT2D eigenvalue weighted by Gasteiger charge is 2.05. The number of nitrogens with zero attached hydrogens (tertiary/aromatic N) is 2. The average Bonchev–Trinajstić information content (AvgIpc) is 2.57. The second kappa shape index (κ2) is 7.68. The minimum atomic E-state index is 0.855. The quantitative estimate of drug-likeness (QED) is 0.622. The Morgan fingerprint density at radius 2 is 1.83 bits per heavy atom. The van der Waals surface area contributed by atoms with Crippen LogP contribution in [0.1, 0.15) is 18.1 Å². The average molecular weight is 311 g/mol. The highest BCUT2D eigenvalue weighted by atomic mass is 16.5. The largest absolute Gasteiger partial charge is 0.497 e. The molecule has 0 saturated heterocycles. The van der Waals surface area contributed by atoms with Gasteiger partial charge in [0.1, 0.15) is 5.75 Å². The van der Waals surface area contributed by atoms with E-state index in [9.17, 15) is 0 Å². The van der Waals surface area contributed by atoms with Gasteiger partial charge in [0, 0.05) is 25.0 Å². The van der Waals surface area contributed by atoms with E-state index in [1.54, 1.807) is 7.11 Å². The normalized spacial score (nSPS) is 10.8. The Hall–Kier alpha value is -2.49. The maximum Gasteiger partial charge on any atom is 0.119 e. The van der Waals surface area contributed by atoms with Gasteiger partial charge in [-0.25, -0.2) is 4.99 Å². The van der Waals surface area contributed by atoms with Gasteiger partial charge in [-0.2, -0.15) is 0 Å². The van der Waals surface area contributed by atoms with Gasteiger partial charge < -0.3 is 15.0 Å². The standard InChI is InChI=1S/C19H25N3O/c1-6-22(4)13-20-18-11-15(3)19(12-14(18)2)21-16-7-9-17(23-5)10-8-16/h7-13,21H,6H2,1-5H3. The summed E-state index contributed by atoms with van der Waals surface area (Å²) in [5.41, 5.74) is 5.44. The first kappa shape index (κ1) is 16.9. The fraction of sp³-hybridized carbons (Fsp3) is 0.316. The summed E-state index contributed by atoms with van der Waals surface area (Å²) in [5, 5.41) is 3.45. The number of hydrogen-bond acceptors (Lipinski definition) is 3. The second-order valence-electron chi connectivity index (χ2n) is 5.62. The van der Waals surface area contributed by atoms with Gasteiger partial charge in [-0.3, -0.25) is 0 Å². The Bertz CT molecular complexity index is 678. The van der Waals surface area contributed by atoms with Gasteiger partial charge in [-0.1, -0.05) is 0 Å². The molecule has 4 heteroatoms. The van der Waals surface area contributed by atoms with Crippen molar-refractivity contribution in [3.05, 3.63) is 47.5 Å². The van der Waals surface area contributed by atoms with Crippen LogP contribution in [0.3, 0.4) is 0 Å². The molecule has 2 aromatic carbocycles. The predicted octanol–water partition coefficient (Wildman–Crippen LogP) is 4.67. The van der Waals surface area contributed by atoms with E-state index in [4.69, 9.17) is 4.74 Å². The summed E-state index contributed by atoms with van der Waals surface area (Å²) in [5.74, 6) is 0.855. The third-order valence-electron chi connectivity index (χ3n) is 3.80. The molecular weight excluding hydrogens is 286 g/mol. The van der Waals surface area contributed by atoms with Crippen LogP contribution in [0.2, 0.25) is 0 Å². The molecule has 0 fully saturated rings. The first-order valence-corrected chi connectivity index (χ1v) is 7.80. The van der Waals surface area contributed by atoms with E-state index in [0.717, 1.165) is 40.5 Å². The lowest BCUT2D eigenvalue weighted by Gasteiger charge is -2.13. The molecule has 0 aromatic heterocycles. The molecule has 0 spiro atoms. The van der Waals surface area contributed by atoms with Crippen LogP contribution in [-0.2, 0) is 0 Å². The van der Waals surface area contributed by atoms with Crippen molar-refractivity contribution in [1.29, 1.82) is 0 Å². The van der Waals surface area contributed by atoms with Crippen LogP contribution in [0.4, 0.5) is 17.1 Å². The van der Waals surface area contributed by atoms with E-state index in [1.807, 2.05) is 37.7 Å². The number of ether oxygens (including phenoxy) is 1. The molecule has 2 aromatic rings. The molecule has 0 atom stereocenters. The molecular formula is C19H25N3O. The van der Waals surface area contributed by atoms with Crippen molar-refractivity contribution in [3.8, 4) is 5.75 Å². The number of nitrogens with one attached hydrogen (secondary N) is 1. The second-order valence-corrected chi connectivity index (χ2v) is 5.62. The van der Waals surface area contributed by atoms with Gasteiger partial charge in [0.15, 0.2) is 0 Å². The van der Waals surface area contributed by atoms with Gasteiger partial charge in [0.2, 0.25) is 0 Å². The molecule has 4 nitrogen and oxygen atoms in total. The number of benzene rings is 2. The molecule has 0 unspecified atom stereocenters. The zero-order chi connectivity index (χ0) is 16.8. The van der Waals surface area contributed by atoms with Crippen LogP contribution in [0, 0.1) is 13.8 Å². The van der Waals surface area contributed by atoms with Gasteiger partial charge in [0.05, 0.1) is 19.1 Å². The summed E-state index contributed by atoms with van der Waals surface area (Å²) >= 11 is 0. The van der Waals surface area contributed by atoms with Crippen LogP contribution in [0.5, 0.6) is 5.75 Å². The van der Waals surface area contributed by atoms with Crippen molar-refractivity contribution in [2.45, 2.75) is 20.8 Å². The Balaban J connectivity index is 2.20. The lowest BCUT2D eigenvalue weighted by molar-refractivity contribution is 0.415. The highest BCUT2D eigenvalue weighted by Crippen LogP contribution is 2.29. The molecule has 0 aliphatic rings. The van der Waals surface area contributed by atoms with E-state index in [0.29, 0.717) is 0 Å². The fourth-order valence-electron chi connectivity index (χ4n) is 2.15. The molecule has 1 N–H and O–H groups in total. The van der Waals surface area contributed by atoms with Crippen LogP contribution in [-0.4, -0.2) is 31.9 Å². The van der Waals surface area contributed by atoms with Crippen LogP contribution in [0.15, 0.2) is 41.4 Å². The maximum atomic E-state index is 5.19. The number of methoxy groups -OCH3 is 1. The van der Waals surface area contributed by atoms with Crippen molar-refractivity contribution in [2.75, 3.05) is 26.0 Å². The molecule has 0 aliphatic carbocycles. The SMILES string of the molecule is CCN(C)C=Nc1cc(C)c(Nc2ccc(OC)cc2)cc1C. The molecule has 0 bridgehead atoms. The molecule has 0 radical (unpaired) electrons. The van der Waals surface area contributed by atoms with Crippen molar-refractivity contribution in [1.82, 2.24) is 4.90 Å². The maximum absolute atomic E-state index is 5.19. The Kier molecular flexibility index (Phi) is 5.63. The van der Waals surface area contributed by atoms with Crippen LogP contribution >= 0.6 is 0 Å². The zero-order valence-corrected chi connectivity index (χ0v) is 14.6. The van der Waals surface area contributed by atoms with E-state index in [-0.39, 0.29) is 0 Å². The molecule has 122 valence electrons. The predicted molar refractivity (Wildman–Crippen MR) is 98.6 cm³/mol. The lowest BCUT2D eigenvalue weighted by atomic mass is 10.1. The molecule has 0 heterocycles. The van der Waals surface area contributed by atoms with Crippen molar-refractivity contribution in [3.63, 3.8) is 0 Å². The first-order chi connectivity index (χ1) is 11.0. The minimum absolute atomic E-state index is 0.855. The Morgan fingerprint density at radius 1 is 1.13 bits per heavy atom. The van der Waals surface area contributed by atoms with Crippen LogP contribution < -0.4 is 10.1 Å². The van der Waals surface area contributed by atoms with Gasteiger partial charge >= 0.3 is 0 Å². The zero-order valence-electron chi connectivity index (χ0n) is 14.6. The Labute approximate surface area is 138 Å². The summed E-state index contributed by atoms with van der Waals surface area (Å²) in [6.07, 6.45) is 1.87. The number of hydrogen-bond donors (Lipinski definition) is 1. The Morgan fingerprint density at radius 3 is 2.43 bits per heavy atom. The third-order valence-corrected chi connectivity index (χ3v) is 3.80. The van der Waals surface area contributed by atoms with Crippen LogP contribution in [0.25, 0.3) is 0 Å². The third kappa shape index (κ3) is 4.49. The van der Waals surface area contributed by atoms with E-state index in [1.165, 1.54) is 0 Å². The fourth-order valence-corrected chi connectivity index (χ4v) is 2.15. The summed E-state index contributed by atoms with van der Waals surface area (Å²) in [6, 6.07) is 12.2. The van der Waals surface area contributed by atoms with Gasteiger partial charge in [-0.05, 0) is 68.3 Å². The van der Waals surface area contributed by atoms with Crippen molar-refractivity contribution in [2.24, 2.45) is 4.99 Å². The molecule has 0 saturated carbocycles. The van der Waals surface area contributed by atoms with Gasteiger partial charge in [0.25, 0.3) is 0 Å². The summed E-state index contributed by atoms with van der Waals surface area (Å²) in [4.78, 5) is 6.62. The van der Waals surface area contributed by atoms with E-state index in [2.05, 4.69) is 48.1 Å². The topological polar surface area (TPSA) is 36.9 Å². The van der Waals surface area contributed by atoms with E-state index >= 15 is 0 Å². The molecule has 23 heavy (non-hydrogen) atoms. The molecule has 0 amide bonds. The molecule has 2 rings (SSSR count). The lowest BCUT2D eigenvalue weighted by Crippen LogP contribution is -2.14. The number of aliphatic imine (C=N–C) groups is 1. The van der Waals surface area contributed by atoms with E-state index < -0.39 is 0 Å². The summed E-state index contributed by atoms with van der Waals surface area (Å²) in [6.45, 7) is 7.22. The monoisotopic (exact) mass is 311 g/mol. The highest BCUT2D eigenvalue weighted by molar-refractivity contribution is 5.70. The van der Waals surface area contributed by atoms with Crippen molar-refractivity contribution < 1.29 is 4.74 Å². The van der Waals surface area contributed by atoms with Gasteiger partial charge in [-0.15, -0.1) is 0 Å². The number of aryl methyl sites for hydroxylation is 2. The summed E-state index contributed by atoms with van der Waals surface area (Å²) in [7, 11) is 3.69. The minimum Gasteiger partial charge on any atom is -0.497 e. The first-order valence-electron chi connectivity index (χ1n) is 7.80. The van der Waals surface area contributed by atoms with Crippen molar-refractivity contribution >= 4 is 23.4 Å².